The van der Waals surface area contributed by atoms with Crippen LogP contribution in [-0.2, 0) is 5.41 Å². The van der Waals surface area contributed by atoms with Crippen molar-refractivity contribution in [2.45, 2.75) is 5.41 Å². The Morgan fingerprint density at radius 1 is 0.333 bits per heavy atom. The highest BCUT2D eigenvalue weighted by Gasteiger charge is 2.47. The summed E-state index contributed by atoms with van der Waals surface area (Å²) in [5, 5.41) is 2.26. The minimum Gasteiger partial charge on any atom is -0.455 e. The number of hydrogen-bond donors (Lipinski definition) is 0. The summed E-state index contributed by atoms with van der Waals surface area (Å²) in [5.41, 5.74) is 19.0. The van der Waals surface area contributed by atoms with E-state index in [9.17, 15) is 0 Å². The Morgan fingerprint density at radius 2 is 0.857 bits per heavy atom. The minimum absolute atomic E-state index is 0.520. The highest BCUT2D eigenvalue weighted by Crippen LogP contribution is 2.59. The molecule has 0 radical (unpaired) electrons. The van der Waals surface area contributed by atoms with Crippen LogP contribution < -0.4 is 4.90 Å². The van der Waals surface area contributed by atoms with Gasteiger partial charge in [-0.05, 0) is 92.0 Å². The van der Waals surface area contributed by atoms with Gasteiger partial charge in [-0.3, -0.25) is 0 Å². The van der Waals surface area contributed by atoms with Gasteiger partial charge in [0.05, 0.1) is 11.1 Å². The summed E-state index contributed by atoms with van der Waals surface area (Å²) in [5.74, 6) is 0. The monoisotopic (exact) mass is 803 g/mol. The van der Waals surface area contributed by atoms with Gasteiger partial charge in [0.15, 0.2) is 0 Å². The molecule has 0 unspecified atom stereocenters. The molecule has 11 aromatic rings. The Bertz CT molecular complexity index is 3380. The number of fused-ring (bicyclic) bond motifs is 6. The van der Waals surface area contributed by atoms with E-state index in [1.165, 1.54) is 50.1 Å². The van der Waals surface area contributed by atoms with Gasteiger partial charge in [0, 0.05) is 33.3 Å². The van der Waals surface area contributed by atoms with Crippen molar-refractivity contribution in [1.82, 2.24) is 0 Å². The molecule has 2 heteroatoms. The van der Waals surface area contributed by atoms with Crippen molar-refractivity contribution in [3.8, 4) is 44.5 Å². The zero-order chi connectivity index (χ0) is 41.7. The van der Waals surface area contributed by atoms with Crippen LogP contribution in [0.4, 0.5) is 17.1 Å². The second-order valence-electron chi connectivity index (χ2n) is 16.4. The second-order valence-corrected chi connectivity index (χ2v) is 16.4. The van der Waals surface area contributed by atoms with Gasteiger partial charge < -0.3 is 9.32 Å². The van der Waals surface area contributed by atoms with E-state index in [2.05, 4.69) is 241 Å². The lowest BCUT2D eigenvalue weighted by Gasteiger charge is -2.34. The van der Waals surface area contributed by atoms with Crippen molar-refractivity contribution < 1.29 is 4.42 Å². The molecule has 0 aliphatic heterocycles. The molecular formula is C61H41NO. The Balaban J connectivity index is 1.06. The number of para-hydroxylation sites is 2. The maximum atomic E-state index is 6.51. The smallest absolute Gasteiger partial charge is 0.143 e. The van der Waals surface area contributed by atoms with E-state index in [1.54, 1.807) is 0 Å². The van der Waals surface area contributed by atoms with E-state index in [1.807, 2.05) is 12.1 Å². The van der Waals surface area contributed by atoms with Crippen molar-refractivity contribution >= 4 is 39.0 Å². The summed E-state index contributed by atoms with van der Waals surface area (Å²) in [6.07, 6.45) is 0. The Labute approximate surface area is 367 Å². The summed E-state index contributed by atoms with van der Waals surface area (Å²) < 4.78 is 6.51. The number of rotatable bonds is 8. The van der Waals surface area contributed by atoms with Crippen molar-refractivity contribution in [1.29, 1.82) is 0 Å². The molecule has 1 aliphatic carbocycles. The van der Waals surface area contributed by atoms with Crippen molar-refractivity contribution in [2.75, 3.05) is 4.90 Å². The highest BCUT2D eigenvalue weighted by molar-refractivity contribution is 6.09. The predicted octanol–water partition coefficient (Wildman–Crippen LogP) is 16.4. The molecule has 0 bridgehead atoms. The van der Waals surface area contributed by atoms with Crippen LogP contribution in [0.1, 0.15) is 22.3 Å². The maximum Gasteiger partial charge on any atom is 0.143 e. The van der Waals surface area contributed by atoms with E-state index in [-0.39, 0.29) is 0 Å². The summed E-state index contributed by atoms with van der Waals surface area (Å²) in [6, 6.07) is 90.2. The first-order valence-corrected chi connectivity index (χ1v) is 21.7. The average molecular weight is 804 g/mol. The van der Waals surface area contributed by atoms with Gasteiger partial charge in [-0.1, -0.05) is 212 Å². The fourth-order valence-electron chi connectivity index (χ4n) is 10.2. The van der Waals surface area contributed by atoms with E-state index < -0.39 is 5.41 Å². The number of anilines is 3. The Morgan fingerprint density at radius 3 is 1.60 bits per heavy atom. The lowest BCUT2D eigenvalue weighted by Crippen LogP contribution is -2.28. The molecule has 0 saturated carbocycles. The van der Waals surface area contributed by atoms with Gasteiger partial charge in [-0.15, -0.1) is 0 Å². The summed E-state index contributed by atoms with van der Waals surface area (Å²) in [4.78, 5) is 2.45. The Kier molecular flexibility index (Phi) is 8.76. The molecule has 0 atom stereocenters. The third-order valence-electron chi connectivity index (χ3n) is 13.0. The van der Waals surface area contributed by atoms with E-state index >= 15 is 0 Å². The van der Waals surface area contributed by atoms with Crippen molar-refractivity contribution in [3.05, 3.63) is 271 Å². The Hall–Kier alpha value is -8.20. The summed E-state index contributed by atoms with van der Waals surface area (Å²) in [7, 11) is 0. The third kappa shape index (κ3) is 5.95. The van der Waals surface area contributed by atoms with Crippen molar-refractivity contribution in [2.24, 2.45) is 0 Å². The molecule has 0 amide bonds. The standard InChI is InChI=1S/C61H41NO/c1-4-17-42(18-5-1)43-33-35-44(36-34-43)46-19-14-24-50(41-46)62(49-39-37-45(38-40-49)51-27-15-28-53-52-25-11-13-32-58(52)63-60(51)53)57-31-16-30-56-59(57)54-26-10-12-29-55(54)61(56,47-20-6-2-7-21-47)48-22-8-3-9-23-48/h1-41H. The number of benzene rings is 10. The number of nitrogens with zero attached hydrogens (tertiary/aromatic N) is 1. The van der Waals surface area contributed by atoms with Crippen LogP contribution in [-0.4, -0.2) is 0 Å². The van der Waals surface area contributed by atoms with Gasteiger partial charge >= 0.3 is 0 Å². The van der Waals surface area contributed by atoms with Gasteiger partial charge in [0.1, 0.15) is 11.2 Å². The molecular weight excluding hydrogens is 763 g/mol. The fraction of sp³-hybridized carbons (Fsp3) is 0.0164. The van der Waals surface area contributed by atoms with Crippen LogP contribution in [0.3, 0.4) is 0 Å². The van der Waals surface area contributed by atoms with Crippen LogP contribution in [0.2, 0.25) is 0 Å². The highest BCUT2D eigenvalue weighted by atomic mass is 16.3. The topological polar surface area (TPSA) is 16.4 Å². The summed E-state index contributed by atoms with van der Waals surface area (Å²) in [6.45, 7) is 0. The molecule has 0 spiro atoms. The first-order valence-electron chi connectivity index (χ1n) is 21.7. The van der Waals surface area contributed by atoms with Gasteiger partial charge in [-0.25, -0.2) is 0 Å². The SMILES string of the molecule is c1ccc(-c2ccc(-c3cccc(N(c4ccc(-c5cccc6c5oc5ccccc56)cc4)c4cccc5c4-c4ccccc4C5(c4ccccc4)c4ccccc4)c3)cc2)cc1. The van der Waals surface area contributed by atoms with Crippen LogP contribution in [0.5, 0.6) is 0 Å². The molecule has 1 heterocycles. The first kappa shape index (κ1) is 36.6. The molecule has 12 rings (SSSR count). The molecule has 296 valence electrons. The van der Waals surface area contributed by atoms with E-state index in [0.29, 0.717) is 0 Å². The lowest BCUT2D eigenvalue weighted by molar-refractivity contribution is 0.670. The zero-order valence-corrected chi connectivity index (χ0v) is 34.5. The average Bonchev–Trinajstić information content (AvgIpc) is 3.90. The molecule has 2 nitrogen and oxygen atoms in total. The predicted molar refractivity (Wildman–Crippen MR) is 262 cm³/mol. The second kappa shape index (κ2) is 15.1. The van der Waals surface area contributed by atoms with E-state index in [0.717, 1.165) is 55.7 Å². The normalized spacial score (nSPS) is 12.6. The summed E-state index contributed by atoms with van der Waals surface area (Å²) >= 11 is 0. The third-order valence-corrected chi connectivity index (χ3v) is 13.0. The van der Waals surface area contributed by atoms with Crippen LogP contribution in [0.15, 0.2) is 253 Å². The van der Waals surface area contributed by atoms with Crippen LogP contribution >= 0.6 is 0 Å². The van der Waals surface area contributed by atoms with E-state index in [4.69, 9.17) is 4.42 Å². The zero-order valence-electron chi connectivity index (χ0n) is 34.5. The minimum atomic E-state index is -0.520. The molecule has 0 fully saturated rings. The molecule has 10 aromatic carbocycles. The number of furan rings is 1. The molecule has 0 saturated heterocycles. The van der Waals surface area contributed by atoms with Gasteiger partial charge in [0.25, 0.3) is 0 Å². The van der Waals surface area contributed by atoms with Gasteiger partial charge in [0.2, 0.25) is 0 Å². The molecule has 0 N–H and O–H groups in total. The number of hydrogen-bond acceptors (Lipinski definition) is 2. The quantitative estimate of drug-likeness (QED) is 0.152. The largest absolute Gasteiger partial charge is 0.455 e. The van der Waals surface area contributed by atoms with Crippen LogP contribution in [0.25, 0.3) is 66.4 Å². The maximum absolute atomic E-state index is 6.51. The molecule has 1 aromatic heterocycles. The van der Waals surface area contributed by atoms with Crippen LogP contribution in [0, 0.1) is 0 Å². The lowest BCUT2D eigenvalue weighted by atomic mass is 9.68. The first-order chi connectivity index (χ1) is 31.3. The van der Waals surface area contributed by atoms with Crippen molar-refractivity contribution in [3.63, 3.8) is 0 Å². The fourth-order valence-corrected chi connectivity index (χ4v) is 10.2. The molecule has 1 aliphatic rings. The molecule has 63 heavy (non-hydrogen) atoms. The van der Waals surface area contributed by atoms with Gasteiger partial charge in [-0.2, -0.15) is 0 Å².